The number of hydrogen-bond donors (Lipinski definition) is 2. The van der Waals surface area contributed by atoms with Gasteiger partial charge in [-0.2, -0.15) is 0 Å². The molecular weight excluding hydrogens is 255 g/mol. The summed E-state index contributed by atoms with van der Waals surface area (Å²) in [5, 5.41) is 0. The second kappa shape index (κ2) is 5.61. The van der Waals surface area contributed by atoms with Crippen LogP contribution < -0.4 is 16.0 Å². The molecule has 0 radical (unpaired) electrons. The average molecular weight is 272 g/mol. The zero-order valence-electron chi connectivity index (χ0n) is 11.1. The van der Waals surface area contributed by atoms with Gasteiger partial charge in [0.15, 0.2) is 0 Å². The van der Waals surface area contributed by atoms with E-state index < -0.39 is 0 Å². The maximum absolute atomic E-state index is 13.7. The predicted octanol–water partition coefficient (Wildman–Crippen LogP) is 2.20. The number of hydrazine groups is 1. The minimum atomic E-state index is -0.205. The zero-order valence-corrected chi connectivity index (χ0v) is 11.1. The highest BCUT2D eigenvalue weighted by Gasteiger charge is 2.30. The van der Waals surface area contributed by atoms with E-state index in [4.69, 9.17) is 10.6 Å². The number of halogens is 1. The van der Waals surface area contributed by atoms with Gasteiger partial charge in [-0.3, -0.25) is 11.3 Å². The Hall–Kier alpha value is -1.91. The minimum absolute atomic E-state index is 0.0722. The van der Waals surface area contributed by atoms with Crippen molar-refractivity contribution < 1.29 is 9.13 Å². The topological polar surface area (TPSA) is 47.3 Å². The number of benzene rings is 2. The van der Waals surface area contributed by atoms with E-state index in [-0.39, 0.29) is 18.0 Å². The third-order valence-corrected chi connectivity index (χ3v) is 3.73. The molecule has 2 aromatic carbocycles. The molecule has 1 heterocycles. The van der Waals surface area contributed by atoms with Gasteiger partial charge in [-0.25, -0.2) is 4.39 Å². The van der Waals surface area contributed by atoms with Gasteiger partial charge in [0.2, 0.25) is 0 Å². The smallest absolute Gasteiger partial charge is 0.126 e. The summed E-state index contributed by atoms with van der Waals surface area (Å²) in [7, 11) is 0. The number of rotatable bonds is 4. The van der Waals surface area contributed by atoms with Crippen LogP contribution in [0.3, 0.4) is 0 Å². The van der Waals surface area contributed by atoms with Crippen molar-refractivity contribution in [1.82, 2.24) is 5.43 Å². The van der Waals surface area contributed by atoms with E-state index in [2.05, 4.69) is 5.43 Å². The van der Waals surface area contributed by atoms with Crippen molar-refractivity contribution in [2.75, 3.05) is 0 Å². The Bertz CT molecular complexity index is 578. The first-order chi connectivity index (χ1) is 9.78. The normalized spacial score (nSPS) is 18.4. The second-order valence-corrected chi connectivity index (χ2v) is 5.04. The number of para-hydroxylation sites is 1. The van der Waals surface area contributed by atoms with Crippen molar-refractivity contribution in [3.63, 3.8) is 0 Å². The van der Waals surface area contributed by atoms with Crippen LogP contribution >= 0.6 is 0 Å². The van der Waals surface area contributed by atoms with Crippen molar-refractivity contribution in [3.05, 3.63) is 65.5 Å². The molecular formula is C16H17FN2O. The lowest BCUT2D eigenvalue weighted by atomic mass is 9.98. The van der Waals surface area contributed by atoms with E-state index in [1.165, 1.54) is 11.6 Å². The number of hydrogen-bond acceptors (Lipinski definition) is 3. The number of nitrogens with two attached hydrogens (primary N) is 1. The molecule has 0 aromatic heterocycles. The molecule has 0 fully saturated rings. The number of fused-ring (bicyclic) bond motifs is 1. The molecule has 0 amide bonds. The maximum Gasteiger partial charge on any atom is 0.126 e. The summed E-state index contributed by atoms with van der Waals surface area (Å²) in [6.45, 7) is 0. The molecule has 2 aromatic rings. The molecule has 0 bridgehead atoms. The fraction of sp³-hybridized carbons (Fsp3) is 0.250. The predicted molar refractivity (Wildman–Crippen MR) is 75.8 cm³/mol. The van der Waals surface area contributed by atoms with E-state index >= 15 is 0 Å². The summed E-state index contributed by atoms with van der Waals surface area (Å²) >= 11 is 0. The van der Waals surface area contributed by atoms with Crippen LogP contribution in [0.4, 0.5) is 4.39 Å². The minimum Gasteiger partial charge on any atom is -0.488 e. The molecule has 2 atom stereocenters. The molecule has 3 rings (SSSR count). The van der Waals surface area contributed by atoms with Gasteiger partial charge in [0, 0.05) is 6.42 Å². The van der Waals surface area contributed by atoms with Gasteiger partial charge < -0.3 is 4.74 Å². The Morgan fingerprint density at radius 2 is 1.95 bits per heavy atom. The first-order valence-corrected chi connectivity index (χ1v) is 6.72. The van der Waals surface area contributed by atoms with Gasteiger partial charge in [0.1, 0.15) is 17.7 Å². The summed E-state index contributed by atoms with van der Waals surface area (Å²) in [5.74, 6) is 6.32. The Kier molecular flexibility index (Phi) is 3.67. The van der Waals surface area contributed by atoms with Gasteiger partial charge >= 0.3 is 0 Å². The van der Waals surface area contributed by atoms with E-state index in [1.807, 2.05) is 30.3 Å². The van der Waals surface area contributed by atoms with Crippen molar-refractivity contribution >= 4 is 0 Å². The lowest BCUT2D eigenvalue weighted by Crippen LogP contribution is -2.47. The van der Waals surface area contributed by atoms with Crippen LogP contribution in [0.25, 0.3) is 0 Å². The van der Waals surface area contributed by atoms with Crippen LogP contribution in [0.15, 0.2) is 48.5 Å². The standard InChI is InChI=1S/C16H17FN2O/c17-13-7-3-1-5-11(13)9-14(19-18)16-10-12-6-2-4-8-15(12)20-16/h1-8,14,16,19H,9-10,18H2. The molecule has 0 spiro atoms. The average Bonchev–Trinajstić information content (AvgIpc) is 2.90. The van der Waals surface area contributed by atoms with Gasteiger partial charge in [-0.1, -0.05) is 36.4 Å². The molecule has 0 saturated carbocycles. The SMILES string of the molecule is NNC(Cc1ccccc1F)C1Cc2ccccc2O1. The summed E-state index contributed by atoms with van der Waals surface area (Å²) < 4.78 is 19.6. The number of nitrogens with one attached hydrogen (secondary N) is 1. The monoisotopic (exact) mass is 272 g/mol. The Morgan fingerprint density at radius 1 is 1.20 bits per heavy atom. The Balaban J connectivity index is 1.74. The lowest BCUT2D eigenvalue weighted by Gasteiger charge is -2.22. The zero-order chi connectivity index (χ0) is 13.9. The van der Waals surface area contributed by atoms with Gasteiger partial charge in [-0.15, -0.1) is 0 Å². The molecule has 4 heteroatoms. The largest absolute Gasteiger partial charge is 0.488 e. The van der Waals surface area contributed by atoms with E-state index in [9.17, 15) is 4.39 Å². The summed E-state index contributed by atoms with van der Waals surface area (Å²) in [6, 6.07) is 14.6. The Morgan fingerprint density at radius 3 is 2.70 bits per heavy atom. The highest BCUT2D eigenvalue weighted by atomic mass is 19.1. The van der Waals surface area contributed by atoms with Crippen LogP contribution in [0.1, 0.15) is 11.1 Å². The van der Waals surface area contributed by atoms with Crippen LogP contribution in [0.2, 0.25) is 0 Å². The summed E-state index contributed by atoms with van der Waals surface area (Å²) in [4.78, 5) is 0. The lowest BCUT2D eigenvalue weighted by molar-refractivity contribution is 0.177. The fourth-order valence-corrected chi connectivity index (χ4v) is 2.63. The molecule has 1 aliphatic rings. The van der Waals surface area contributed by atoms with Gasteiger partial charge in [0.25, 0.3) is 0 Å². The molecule has 2 unspecified atom stereocenters. The third kappa shape index (κ3) is 2.53. The van der Waals surface area contributed by atoms with E-state index in [0.717, 1.165) is 12.2 Å². The molecule has 3 N–H and O–H groups in total. The van der Waals surface area contributed by atoms with Crippen LogP contribution in [-0.2, 0) is 12.8 Å². The molecule has 3 nitrogen and oxygen atoms in total. The second-order valence-electron chi connectivity index (χ2n) is 5.04. The fourth-order valence-electron chi connectivity index (χ4n) is 2.63. The van der Waals surface area contributed by atoms with Crippen LogP contribution in [0.5, 0.6) is 5.75 Å². The van der Waals surface area contributed by atoms with E-state index in [1.54, 1.807) is 12.1 Å². The van der Waals surface area contributed by atoms with Crippen molar-refractivity contribution in [1.29, 1.82) is 0 Å². The quantitative estimate of drug-likeness (QED) is 0.662. The Labute approximate surface area is 117 Å². The van der Waals surface area contributed by atoms with Crippen molar-refractivity contribution in [2.45, 2.75) is 25.0 Å². The third-order valence-electron chi connectivity index (χ3n) is 3.73. The van der Waals surface area contributed by atoms with Crippen molar-refractivity contribution in [2.24, 2.45) is 5.84 Å². The van der Waals surface area contributed by atoms with Crippen LogP contribution in [0, 0.1) is 5.82 Å². The van der Waals surface area contributed by atoms with Gasteiger partial charge in [-0.05, 0) is 29.7 Å². The molecule has 0 saturated heterocycles. The first-order valence-electron chi connectivity index (χ1n) is 6.72. The molecule has 1 aliphatic heterocycles. The molecule has 104 valence electrons. The van der Waals surface area contributed by atoms with Crippen LogP contribution in [-0.4, -0.2) is 12.1 Å². The van der Waals surface area contributed by atoms with Crippen molar-refractivity contribution in [3.8, 4) is 5.75 Å². The highest BCUT2D eigenvalue weighted by molar-refractivity contribution is 5.37. The number of ether oxygens (including phenoxy) is 1. The summed E-state index contributed by atoms with van der Waals surface area (Å²) in [5.41, 5.74) is 4.58. The van der Waals surface area contributed by atoms with E-state index in [0.29, 0.717) is 12.0 Å². The maximum atomic E-state index is 13.7. The molecule has 0 aliphatic carbocycles. The highest BCUT2D eigenvalue weighted by Crippen LogP contribution is 2.30. The summed E-state index contributed by atoms with van der Waals surface area (Å²) in [6.07, 6.45) is 1.22. The van der Waals surface area contributed by atoms with Gasteiger partial charge in [0.05, 0.1) is 6.04 Å². The molecule has 20 heavy (non-hydrogen) atoms. The first kappa shape index (κ1) is 13.1.